The van der Waals surface area contributed by atoms with Crippen molar-refractivity contribution in [1.29, 1.82) is 0 Å². The van der Waals surface area contributed by atoms with Crippen LogP contribution in [0.2, 0.25) is 0 Å². The van der Waals surface area contributed by atoms with Gasteiger partial charge in [-0.05, 0) is 35.5 Å². The third-order valence-corrected chi connectivity index (χ3v) is 4.05. The first-order valence-electron chi connectivity index (χ1n) is 8.31. The fourth-order valence-electron chi connectivity index (χ4n) is 2.70. The molecule has 0 aliphatic heterocycles. The number of benzene rings is 2. The number of anilines is 1. The molecule has 0 radical (unpaired) electrons. The van der Waals surface area contributed by atoms with Crippen LogP contribution in [0.4, 0.5) is 5.69 Å². The Labute approximate surface area is 153 Å². The predicted octanol–water partition coefficient (Wildman–Crippen LogP) is 1.63. The molecule has 1 amide bonds. The maximum Gasteiger partial charge on any atom is 0.489 e. The molecule has 3 N–H and O–H groups in total. The van der Waals surface area contributed by atoms with Crippen molar-refractivity contribution < 1.29 is 24.4 Å². The lowest BCUT2D eigenvalue weighted by Gasteiger charge is -2.17. The summed E-state index contributed by atoms with van der Waals surface area (Å²) >= 11 is 0. The SMILES string of the molecule is Cc1cccc(C(C)C)c1NC(=O)COc1cccc(B(O)O)c1C=O. The third-order valence-electron chi connectivity index (χ3n) is 4.05. The summed E-state index contributed by atoms with van der Waals surface area (Å²) < 4.78 is 5.43. The van der Waals surface area contributed by atoms with Crippen LogP contribution in [0.15, 0.2) is 36.4 Å². The maximum absolute atomic E-state index is 12.3. The molecule has 2 aromatic carbocycles. The number of carbonyl (C=O) groups excluding carboxylic acids is 2. The highest BCUT2D eigenvalue weighted by Gasteiger charge is 2.19. The van der Waals surface area contributed by atoms with Crippen molar-refractivity contribution in [2.75, 3.05) is 11.9 Å². The van der Waals surface area contributed by atoms with Crippen molar-refractivity contribution in [3.05, 3.63) is 53.1 Å². The lowest BCUT2D eigenvalue weighted by Crippen LogP contribution is -2.33. The highest BCUT2D eigenvalue weighted by atomic mass is 16.5. The second-order valence-electron chi connectivity index (χ2n) is 6.28. The largest absolute Gasteiger partial charge is 0.489 e. The smallest absolute Gasteiger partial charge is 0.483 e. The molecule has 0 bridgehead atoms. The molecule has 6 nitrogen and oxygen atoms in total. The van der Waals surface area contributed by atoms with Gasteiger partial charge in [0, 0.05) is 5.69 Å². The van der Waals surface area contributed by atoms with Gasteiger partial charge in [-0.2, -0.15) is 0 Å². The van der Waals surface area contributed by atoms with Crippen LogP contribution in [0.25, 0.3) is 0 Å². The Balaban J connectivity index is 2.14. The van der Waals surface area contributed by atoms with Crippen LogP contribution in [0.5, 0.6) is 5.75 Å². The van der Waals surface area contributed by atoms with Crippen LogP contribution in [0, 0.1) is 6.92 Å². The number of hydrogen-bond donors (Lipinski definition) is 3. The molecule has 0 unspecified atom stereocenters. The predicted molar refractivity (Wildman–Crippen MR) is 101 cm³/mol. The van der Waals surface area contributed by atoms with E-state index < -0.39 is 7.12 Å². The van der Waals surface area contributed by atoms with Crippen molar-refractivity contribution in [1.82, 2.24) is 0 Å². The number of rotatable bonds is 7. The second-order valence-corrected chi connectivity index (χ2v) is 6.28. The Morgan fingerprint density at radius 1 is 1.23 bits per heavy atom. The number of para-hydroxylation sites is 1. The Bertz CT molecular complexity index is 805. The number of carbonyl (C=O) groups is 2. The molecule has 26 heavy (non-hydrogen) atoms. The Kier molecular flexibility index (Phi) is 6.55. The summed E-state index contributed by atoms with van der Waals surface area (Å²) in [5.41, 5.74) is 2.76. The van der Waals surface area contributed by atoms with Crippen LogP contribution in [-0.4, -0.2) is 36.0 Å². The van der Waals surface area contributed by atoms with E-state index in [2.05, 4.69) is 5.32 Å². The van der Waals surface area contributed by atoms with Gasteiger partial charge in [0.2, 0.25) is 0 Å². The summed E-state index contributed by atoms with van der Waals surface area (Å²) in [6.07, 6.45) is 0.472. The van der Waals surface area contributed by atoms with Gasteiger partial charge in [-0.3, -0.25) is 9.59 Å². The molecule has 0 fully saturated rings. The molecule has 0 aliphatic rings. The molecule has 0 aliphatic carbocycles. The molecular formula is C19H22BNO5. The monoisotopic (exact) mass is 355 g/mol. The minimum Gasteiger partial charge on any atom is -0.483 e. The van der Waals surface area contributed by atoms with Gasteiger partial charge in [0.1, 0.15) is 5.75 Å². The topological polar surface area (TPSA) is 95.9 Å². The minimum atomic E-state index is -1.80. The Morgan fingerprint density at radius 2 is 1.92 bits per heavy atom. The maximum atomic E-state index is 12.3. The molecule has 0 atom stereocenters. The zero-order chi connectivity index (χ0) is 19.3. The average molecular weight is 355 g/mol. The lowest BCUT2D eigenvalue weighted by molar-refractivity contribution is -0.118. The average Bonchev–Trinajstić information content (AvgIpc) is 2.60. The van der Waals surface area contributed by atoms with Gasteiger partial charge in [0.05, 0.1) is 5.56 Å². The van der Waals surface area contributed by atoms with Crippen molar-refractivity contribution >= 4 is 30.5 Å². The summed E-state index contributed by atoms with van der Waals surface area (Å²) in [6.45, 7) is 5.70. The van der Waals surface area contributed by atoms with E-state index in [9.17, 15) is 19.6 Å². The van der Waals surface area contributed by atoms with Gasteiger partial charge in [-0.25, -0.2) is 0 Å². The summed E-state index contributed by atoms with van der Waals surface area (Å²) in [5, 5.41) is 21.5. The standard InChI is InChI=1S/C19H22BNO5/c1-12(2)14-7-4-6-13(3)19(14)21-18(23)11-26-17-9-5-8-16(20(24)25)15(17)10-22/h4-10,12,24-25H,11H2,1-3H3,(H,21,23). The van der Waals surface area contributed by atoms with Gasteiger partial charge in [0.15, 0.2) is 12.9 Å². The van der Waals surface area contributed by atoms with Crippen LogP contribution < -0.4 is 15.5 Å². The fourth-order valence-corrected chi connectivity index (χ4v) is 2.70. The van der Waals surface area contributed by atoms with E-state index in [0.29, 0.717) is 6.29 Å². The van der Waals surface area contributed by atoms with Crippen molar-refractivity contribution in [2.45, 2.75) is 26.7 Å². The molecule has 0 saturated carbocycles. The van der Waals surface area contributed by atoms with E-state index in [1.54, 1.807) is 0 Å². The van der Waals surface area contributed by atoms with E-state index in [4.69, 9.17) is 4.74 Å². The fraction of sp³-hybridized carbons (Fsp3) is 0.263. The second kappa shape index (κ2) is 8.64. The highest BCUT2D eigenvalue weighted by molar-refractivity contribution is 6.60. The van der Waals surface area contributed by atoms with Crippen LogP contribution in [0.3, 0.4) is 0 Å². The van der Waals surface area contributed by atoms with Gasteiger partial charge < -0.3 is 20.1 Å². The van der Waals surface area contributed by atoms with Crippen LogP contribution >= 0.6 is 0 Å². The van der Waals surface area contributed by atoms with Crippen molar-refractivity contribution in [3.63, 3.8) is 0 Å². The van der Waals surface area contributed by atoms with E-state index >= 15 is 0 Å². The normalized spacial score (nSPS) is 10.5. The number of aldehydes is 1. The van der Waals surface area contributed by atoms with E-state index in [-0.39, 0.29) is 35.2 Å². The molecule has 136 valence electrons. The first-order valence-corrected chi connectivity index (χ1v) is 8.31. The van der Waals surface area contributed by atoms with Crippen LogP contribution in [0.1, 0.15) is 41.3 Å². The Hall–Kier alpha value is -2.64. The molecule has 2 aromatic rings. The quantitative estimate of drug-likeness (QED) is 0.518. The first kappa shape index (κ1) is 19.7. The molecule has 0 saturated heterocycles. The van der Waals surface area contributed by atoms with Gasteiger partial charge in [0.25, 0.3) is 5.91 Å². The summed E-state index contributed by atoms with van der Waals surface area (Å²) in [5.74, 6) is -0.00174. The van der Waals surface area contributed by atoms with Crippen molar-refractivity contribution in [2.24, 2.45) is 0 Å². The zero-order valence-electron chi connectivity index (χ0n) is 15.0. The number of aryl methyl sites for hydroxylation is 1. The first-order chi connectivity index (χ1) is 12.3. The van der Waals surface area contributed by atoms with Gasteiger partial charge in [-0.1, -0.05) is 44.2 Å². The Morgan fingerprint density at radius 3 is 2.54 bits per heavy atom. The molecule has 0 aromatic heterocycles. The number of ether oxygens (including phenoxy) is 1. The highest BCUT2D eigenvalue weighted by Crippen LogP contribution is 2.27. The number of nitrogens with one attached hydrogen (secondary N) is 1. The van der Waals surface area contributed by atoms with E-state index in [1.807, 2.05) is 39.0 Å². The lowest BCUT2D eigenvalue weighted by atomic mass is 9.77. The third kappa shape index (κ3) is 4.50. The zero-order valence-corrected chi connectivity index (χ0v) is 15.0. The van der Waals surface area contributed by atoms with Gasteiger partial charge in [-0.15, -0.1) is 0 Å². The molecular weight excluding hydrogens is 333 g/mol. The molecule has 0 spiro atoms. The summed E-state index contributed by atoms with van der Waals surface area (Å²) in [7, 11) is -1.80. The molecule has 0 heterocycles. The van der Waals surface area contributed by atoms with E-state index in [0.717, 1.165) is 16.8 Å². The number of hydrogen-bond acceptors (Lipinski definition) is 5. The number of amides is 1. The molecule has 2 rings (SSSR count). The van der Waals surface area contributed by atoms with E-state index in [1.165, 1.54) is 18.2 Å². The minimum absolute atomic E-state index is 0.00839. The van der Waals surface area contributed by atoms with Crippen LogP contribution in [-0.2, 0) is 4.79 Å². The summed E-state index contributed by atoms with van der Waals surface area (Å²) in [4.78, 5) is 23.6. The van der Waals surface area contributed by atoms with Gasteiger partial charge >= 0.3 is 7.12 Å². The van der Waals surface area contributed by atoms with Crippen molar-refractivity contribution in [3.8, 4) is 5.75 Å². The molecule has 7 heteroatoms. The summed E-state index contributed by atoms with van der Waals surface area (Å²) in [6, 6.07) is 10.2.